The third kappa shape index (κ3) is 3.97. The molecule has 0 aliphatic rings. The molecule has 1 aromatic rings. The van der Waals surface area contributed by atoms with E-state index < -0.39 is 10.8 Å². The van der Waals surface area contributed by atoms with Crippen LogP contribution in [0.5, 0.6) is 0 Å². The second-order valence-corrected chi connectivity index (χ2v) is 4.85. The van der Waals surface area contributed by atoms with Crippen molar-refractivity contribution in [2.24, 2.45) is 0 Å². The fourth-order valence-corrected chi connectivity index (χ4v) is 1.56. The van der Waals surface area contributed by atoms with Crippen LogP contribution in [0.15, 0.2) is 18.5 Å². The summed E-state index contributed by atoms with van der Waals surface area (Å²) < 4.78 is 10.8. The molecule has 1 heterocycles. The highest BCUT2D eigenvalue weighted by molar-refractivity contribution is 7.84. The summed E-state index contributed by atoms with van der Waals surface area (Å²) in [7, 11) is -0.904. The Hall–Kier alpha value is -0.940. The van der Waals surface area contributed by atoms with Crippen LogP contribution < -0.4 is 5.32 Å². The van der Waals surface area contributed by atoms with Crippen LogP contribution in [0.1, 0.15) is 10.4 Å². The fraction of sp³-hybridized carbons (Fsp3) is 0.333. The van der Waals surface area contributed by atoms with Crippen molar-refractivity contribution in [1.82, 2.24) is 10.3 Å². The van der Waals surface area contributed by atoms with Crippen LogP contribution in [0, 0.1) is 0 Å². The van der Waals surface area contributed by atoms with Gasteiger partial charge in [0.1, 0.15) is 0 Å². The first kappa shape index (κ1) is 12.1. The van der Waals surface area contributed by atoms with Gasteiger partial charge >= 0.3 is 0 Å². The van der Waals surface area contributed by atoms with Gasteiger partial charge < -0.3 is 5.32 Å². The zero-order chi connectivity index (χ0) is 11.3. The van der Waals surface area contributed by atoms with Gasteiger partial charge in [-0.3, -0.25) is 14.0 Å². The third-order valence-electron chi connectivity index (χ3n) is 1.69. The van der Waals surface area contributed by atoms with E-state index in [1.807, 2.05) is 0 Å². The maximum absolute atomic E-state index is 11.5. The lowest BCUT2D eigenvalue weighted by Gasteiger charge is -2.04. The van der Waals surface area contributed by atoms with Gasteiger partial charge in [-0.1, -0.05) is 11.6 Å². The highest BCUT2D eigenvalue weighted by Gasteiger charge is 2.08. The standard InChI is InChI=1S/C9H11ClN2O2S/c1-15(14)5-4-12-9(13)7-2-3-11-6-8(7)10/h2-3,6H,4-5H2,1H3,(H,12,13). The average molecular weight is 247 g/mol. The number of carbonyl (C=O) groups is 1. The zero-order valence-corrected chi connectivity index (χ0v) is 9.77. The SMILES string of the molecule is CS(=O)CCNC(=O)c1ccncc1Cl. The summed E-state index contributed by atoms with van der Waals surface area (Å²) in [5.74, 6) is 0.168. The van der Waals surface area contributed by atoms with Crippen molar-refractivity contribution in [3.63, 3.8) is 0 Å². The van der Waals surface area contributed by atoms with E-state index in [2.05, 4.69) is 10.3 Å². The van der Waals surface area contributed by atoms with Gasteiger partial charge in [-0.2, -0.15) is 0 Å². The number of nitrogens with one attached hydrogen (secondary N) is 1. The minimum atomic E-state index is -0.904. The van der Waals surface area contributed by atoms with Gasteiger partial charge in [-0.25, -0.2) is 0 Å². The van der Waals surface area contributed by atoms with E-state index in [9.17, 15) is 9.00 Å². The molecule has 1 atom stereocenters. The number of nitrogens with zero attached hydrogens (tertiary/aromatic N) is 1. The van der Waals surface area contributed by atoms with E-state index in [0.29, 0.717) is 22.9 Å². The van der Waals surface area contributed by atoms with Crippen LogP contribution in [-0.2, 0) is 10.8 Å². The molecule has 0 saturated carbocycles. The molecule has 0 radical (unpaired) electrons. The smallest absolute Gasteiger partial charge is 0.252 e. The van der Waals surface area contributed by atoms with Crippen LogP contribution in [-0.4, -0.2) is 33.7 Å². The van der Waals surface area contributed by atoms with E-state index in [0.717, 1.165) is 0 Å². The molecule has 82 valence electrons. The summed E-state index contributed by atoms with van der Waals surface area (Å²) in [4.78, 5) is 15.3. The van der Waals surface area contributed by atoms with Gasteiger partial charge in [0.15, 0.2) is 0 Å². The first-order valence-electron chi connectivity index (χ1n) is 4.29. The lowest BCUT2D eigenvalue weighted by Crippen LogP contribution is -2.27. The molecule has 6 heteroatoms. The second-order valence-electron chi connectivity index (χ2n) is 2.89. The van der Waals surface area contributed by atoms with E-state index in [-0.39, 0.29) is 5.91 Å². The molecule has 0 bridgehead atoms. The van der Waals surface area contributed by atoms with E-state index in [1.165, 1.54) is 12.4 Å². The van der Waals surface area contributed by atoms with Crippen LogP contribution in [0.3, 0.4) is 0 Å². The molecule has 0 fully saturated rings. The number of halogens is 1. The summed E-state index contributed by atoms with van der Waals surface area (Å²) >= 11 is 5.78. The van der Waals surface area contributed by atoms with Gasteiger partial charge in [0.25, 0.3) is 5.91 Å². The van der Waals surface area contributed by atoms with Crippen molar-refractivity contribution in [1.29, 1.82) is 0 Å². The molecule has 1 aromatic heterocycles. The Morgan fingerprint density at radius 2 is 2.40 bits per heavy atom. The van der Waals surface area contributed by atoms with Gasteiger partial charge in [-0.05, 0) is 6.07 Å². The lowest BCUT2D eigenvalue weighted by atomic mass is 10.2. The number of hydrogen-bond donors (Lipinski definition) is 1. The van der Waals surface area contributed by atoms with Crippen LogP contribution in [0.4, 0.5) is 0 Å². The maximum Gasteiger partial charge on any atom is 0.252 e. The first-order valence-corrected chi connectivity index (χ1v) is 6.39. The number of hydrogen-bond acceptors (Lipinski definition) is 3. The molecule has 1 N–H and O–H groups in total. The molecular formula is C9H11ClN2O2S. The summed E-state index contributed by atoms with van der Waals surface area (Å²) in [5, 5.41) is 2.94. The van der Waals surface area contributed by atoms with Crippen LogP contribution in [0.2, 0.25) is 5.02 Å². The largest absolute Gasteiger partial charge is 0.351 e. The van der Waals surface area contributed by atoms with E-state index >= 15 is 0 Å². The summed E-state index contributed by atoms with van der Waals surface area (Å²) in [6.07, 6.45) is 4.50. The van der Waals surface area contributed by atoms with Crippen molar-refractivity contribution in [3.8, 4) is 0 Å². The van der Waals surface area contributed by atoms with Crippen molar-refractivity contribution in [2.75, 3.05) is 18.6 Å². The van der Waals surface area contributed by atoms with Gasteiger partial charge in [0.05, 0.1) is 10.6 Å². The fourth-order valence-electron chi connectivity index (χ4n) is 0.963. The molecule has 15 heavy (non-hydrogen) atoms. The monoisotopic (exact) mass is 246 g/mol. The van der Waals surface area contributed by atoms with E-state index in [1.54, 1.807) is 12.3 Å². The van der Waals surface area contributed by atoms with Gasteiger partial charge in [0, 0.05) is 41.7 Å². The van der Waals surface area contributed by atoms with Crippen molar-refractivity contribution < 1.29 is 9.00 Å². The minimum Gasteiger partial charge on any atom is -0.351 e. The highest BCUT2D eigenvalue weighted by Crippen LogP contribution is 2.12. The average Bonchev–Trinajstić information content (AvgIpc) is 2.17. The van der Waals surface area contributed by atoms with Crippen molar-refractivity contribution in [2.45, 2.75) is 0 Å². The maximum atomic E-state index is 11.5. The first-order chi connectivity index (χ1) is 7.11. The Labute approximate surface area is 95.5 Å². The molecular weight excluding hydrogens is 236 g/mol. The quantitative estimate of drug-likeness (QED) is 0.857. The Balaban J connectivity index is 2.54. The van der Waals surface area contributed by atoms with E-state index in [4.69, 9.17) is 11.6 Å². The minimum absolute atomic E-state index is 0.271. The molecule has 1 rings (SSSR count). The van der Waals surface area contributed by atoms with Crippen molar-refractivity contribution >= 4 is 28.3 Å². The molecule has 1 amide bonds. The third-order valence-corrected chi connectivity index (χ3v) is 2.77. The Kier molecular flexibility index (Phi) is 4.71. The molecule has 0 aliphatic carbocycles. The molecule has 0 spiro atoms. The summed E-state index contributed by atoms with van der Waals surface area (Å²) in [5.41, 5.74) is 0.383. The number of aromatic nitrogens is 1. The number of pyridine rings is 1. The Morgan fingerprint density at radius 1 is 1.67 bits per heavy atom. The second kappa shape index (κ2) is 5.82. The van der Waals surface area contributed by atoms with Crippen LogP contribution in [0.25, 0.3) is 0 Å². The van der Waals surface area contributed by atoms with Crippen molar-refractivity contribution in [3.05, 3.63) is 29.0 Å². The van der Waals surface area contributed by atoms with Crippen LogP contribution >= 0.6 is 11.6 Å². The Bertz CT molecular complexity index is 384. The molecule has 0 aliphatic heterocycles. The highest BCUT2D eigenvalue weighted by atomic mass is 35.5. The predicted molar refractivity (Wildman–Crippen MR) is 60.5 cm³/mol. The molecule has 4 nitrogen and oxygen atoms in total. The number of rotatable bonds is 4. The molecule has 0 saturated heterocycles. The normalized spacial score (nSPS) is 12.1. The van der Waals surface area contributed by atoms with Gasteiger partial charge in [-0.15, -0.1) is 0 Å². The Morgan fingerprint density at radius 3 is 3.00 bits per heavy atom. The zero-order valence-electron chi connectivity index (χ0n) is 8.20. The molecule has 0 aromatic carbocycles. The summed E-state index contributed by atoms with van der Waals surface area (Å²) in [6, 6.07) is 1.54. The molecule has 1 unspecified atom stereocenters. The predicted octanol–water partition coefficient (Wildman–Crippen LogP) is 0.843. The lowest BCUT2D eigenvalue weighted by molar-refractivity contribution is 0.0956. The summed E-state index contributed by atoms with van der Waals surface area (Å²) in [6.45, 7) is 0.376. The van der Waals surface area contributed by atoms with Gasteiger partial charge in [0.2, 0.25) is 0 Å². The topological polar surface area (TPSA) is 59.1 Å². The number of amides is 1. The number of carbonyl (C=O) groups excluding carboxylic acids is 1.